The van der Waals surface area contributed by atoms with E-state index >= 15 is 0 Å². The molecule has 2 saturated heterocycles. The van der Waals surface area contributed by atoms with E-state index in [1.54, 1.807) is 0 Å². The predicted octanol–water partition coefficient (Wildman–Crippen LogP) is 2.05. The average molecular weight is 295 g/mol. The van der Waals surface area contributed by atoms with Crippen molar-refractivity contribution in [3.8, 4) is 0 Å². The predicted molar refractivity (Wildman–Crippen MR) is 87.3 cm³/mol. The van der Waals surface area contributed by atoms with Crippen molar-refractivity contribution in [3.63, 3.8) is 0 Å². The zero-order chi connectivity index (χ0) is 15.6. The van der Waals surface area contributed by atoms with E-state index in [0.717, 1.165) is 45.4 Å². The summed E-state index contributed by atoms with van der Waals surface area (Å²) in [5.41, 5.74) is 0. The molecule has 2 aliphatic rings. The zero-order valence-corrected chi connectivity index (χ0v) is 14.5. The number of nitrogens with zero attached hydrogens (tertiary/aromatic N) is 3. The minimum Gasteiger partial charge on any atom is -0.342 e. The van der Waals surface area contributed by atoms with Gasteiger partial charge < -0.3 is 14.7 Å². The number of rotatable bonds is 4. The molecule has 0 N–H and O–H groups in total. The minimum absolute atomic E-state index is 0.242. The maximum absolute atomic E-state index is 12.7. The van der Waals surface area contributed by atoms with Crippen LogP contribution in [0.1, 0.15) is 47.0 Å². The molecule has 4 heteroatoms. The molecule has 0 saturated carbocycles. The van der Waals surface area contributed by atoms with E-state index in [2.05, 4.69) is 49.4 Å². The first-order valence-electron chi connectivity index (χ1n) is 8.65. The van der Waals surface area contributed by atoms with E-state index in [4.69, 9.17) is 0 Å². The topological polar surface area (TPSA) is 26.8 Å². The van der Waals surface area contributed by atoms with E-state index in [9.17, 15) is 4.79 Å². The number of carbonyl (C=O) groups excluding carboxylic acids is 1. The summed E-state index contributed by atoms with van der Waals surface area (Å²) in [6.45, 7) is 12.9. The summed E-state index contributed by atoms with van der Waals surface area (Å²) in [5.74, 6) is 0.649. The summed E-state index contributed by atoms with van der Waals surface area (Å²) in [5, 5.41) is 0. The third-order valence-electron chi connectivity index (χ3n) is 5.47. The van der Waals surface area contributed by atoms with Gasteiger partial charge in [-0.1, -0.05) is 0 Å². The van der Waals surface area contributed by atoms with Crippen LogP contribution in [-0.2, 0) is 4.79 Å². The molecule has 1 amide bonds. The second-order valence-corrected chi connectivity index (χ2v) is 7.39. The number of amides is 1. The quantitative estimate of drug-likeness (QED) is 0.794. The van der Waals surface area contributed by atoms with Crippen molar-refractivity contribution in [2.75, 3.05) is 33.2 Å². The molecule has 2 rings (SSSR count). The van der Waals surface area contributed by atoms with E-state index in [1.165, 1.54) is 0 Å². The maximum Gasteiger partial charge on any atom is 0.227 e. The van der Waals surface area contributed by atoms with Gasteiger partial charge in [0, 0.05) is 37.8 Å². The largest absolute Gasteiger partial charge is 0.342 e. The van der Waals surface area contributed by atoms with Gasteiger partial charge >= 0.3 is 0 Å². The van der Waals surface area contributed by atoms with Crippen molar-refractivity contribution in [1.82, 2.24) is 14.7 Å². The fourth-order valence-corrected chi connectivity index (χ4v) is 3.63. The van der Waals surface area contributed by atoms with Crippen LogP contribution in [0.2, 0.25) is 0 Å². The highest BCUT2D eigenvalue weighted by Crippen LogP contribution is 2.24. The number of piperidine rings is 1. The molecule has 122 valence electrons. The fraction of sp³-hybridized carbons (Fsp3) is 0.941. The van der Waals surface area contributed by atoms with E-state index < -0.39 is 0 Å². The van der Waals surface area contributed by atoms with Crippen molar-refractivity contribution in [2.45, 2.75) is 65.1 Å². The van der Waals surface area contributed by atoms with Crippen LogP contribution in [0.5, 0.6) is 0 Å². The normalized spacial score (nSPS) is 25.5. The van der Waals surface area contributed by atoms with Crippen molar-refractivity contribution in [3.05, 3.63) is 0 Å². The van der Waals surface area contributed by atoms with Gasteiger partial charge in [-0.3, -0.25) is 4.79 Å². The molecular weight excluding hydrogens is 262 g/mol. The standard InChI is InChI=1S/C17H33N3O/c1-13(2)18(5)16-7-10-19(11-8-16)17(21)15-6-9-20(12-15)14(3)4/h13-16H,6-12H2,1-5H3/t15-/m1/s1. The highest BCUT2D eigenvalue weighted by molar-refractivity contribution is 5.79. The maximum atomic E-state index is 12.7. The summed E-state index contributed by atoms with van der Waals surface area (Å²) in [7, 11) is 2.21. The van der Waals surface area contributed by atoms with Crippen LogP contribution in [0.3, 0.4) is 0 Å². The van der Waals surface area contributed by atoms with Gasteiger partial charge in [0.25, 0.3) is 0 Å². The number of hydrogen-bond donors (Lipinski definition) is 0. The molecule has 0 spiro atoms. The molecule has 0 aromatic carbocycles. The molecule has 0 aliphatic carbocycles. The molecule has 4 nitrogen and oxygen atoms in total. The molecule has 21 heavy (non-hydrogen) atoms. The van der Waals surface area contributed by atoms with Crippen LogP contribution < -0.4 is 0 Å². The third kappa shape index (κ3) is 3.98. The van der Waals surface area contributed by atoms with Crippen LogP contribution >= 0.6 is 0 Å². The highest BCUT2D eigenvalue weighted by atomic mass is 16.2. The smallest absolute Gasteiger partial charge is 0.227 e. The van der Waals surface area contributed by atoms with Gasteiger partial charge in [0.15, 0.2) is 0 Å². The van der Waals surface area contributed by atoms with Gasteiger partial charge in [0.2, 0.25) is 5.91 Å². The third-order valence-corrected chi connectivity index (χ3v) is 5.47. The Labute approximate surface area is 130 Å². The van der Waals surface area contributed by atoms with Crippen LogP contribution in [0, 0.1) is 5.92 Å². The summed E-state index contributed by atoms with van der Waals surface area (Å²) < 4.78 is 0. The number of likely N-dealkylation sites (tertiary alicyclic amines) is 2. The van der Waals surface area contributed by atoms with Crippen molar-refractivity contribution < 1.29 is 4.79 Å². The van der Waals surface area contributed by atoms with Gasteiger partial charge in [-0.15, -0.1) is 0 Å². The summed E-state index contributed by atoms with van der Waals surface area (Å²) in [6.07, 6.45) is 3.30. The van der Waals surface area contributed by atoms with Crippen LogP contribution in [0.25, 0.3) is 0 Å². The van der Waals surface area contributed by atoms with Crippen LogP contribution in [-0.4, -0.2) is 72.0 Å². The van der Waals surface area contributed by atoms with Crippen molar-refractivity contribution in [1.29, 1.82) is 0 Å². The Morgan fingerprint density at radius 2 is 1.67 bits per heavy atom. The second kappa shape index (κ2) is 7.10. The lowest BCUT2D eigenvalue weighted by atomic mass is 10.00. The molecule has 2 fully saturated rings. The van der Waals surface area contributed by atoms with E-state index in [-0.39, 0.29) is 5.92 Å². The Bertz CT molecular complexity index is 348. The van der Waals surface area contributed by atoms with Gasteiger partial charge in [-0.25, -0.2) is 0 Å². The Morgan fingerprint density at radius 3 is 2.14 bits per heavy atom. The summed E-state index contributed by atoms with van der Waals surface area (Å²) >= 11 is 0. The lowest BCUT2D eigenvalue weighted by Crippen LogP contribution is -2.49. The Morgan fingerprint density at radius 1 is 1.05 bits per heavy atom. The van der Waals surface area contributed by atoms with Crippen molar-refractivity contribution in [2.24, 2.45) is 5.92 Å². The first-order valence-corrected chi connectivity index (χ1v) is 8.65. The average Bonchev–Trinajstić information content (AvgIpc) is 2.96. The molecule has 0 radical (unpaired) electrons. The minimum atomic E-state index is 0.242. The number of hydrogen-bond acceptors (Lipinski definition) is 3. The van der Waals surface area contributed by atoms with Crippen LogP contribution in [0.15, 0.2) is 0 Å². The monoisotopic (exact) mass is 295 g/mol. The van der Waals surface area contributed by atoms with Crippen molar-refractivity contribution >= 4 is 5.91 Å². The molecule has 0 bridgehead atoms. The van der Waals surface area contributed by atoms with E-state index in [1.807, 2.05) is 0 Å². The zero-order valence-electron chi connectivity index (χ0n) is 14.5. The fourth-order valence-electron chi connectivity index (χ4n) is 3.63. The molecule has 0 unspecified atom stereocenters. The lowest BCUT2D eigenvalue weighted by Gasteiger charge is -2.39. The summed E-state index contributed by atoms with van der Waals surface area (Å²) in [4.78, 5) is 19.7. The molecular formula is C17H33N3O. The highest BCUT2D eigenvalue weighted by Gasteiger charge is 2.34. The lowest BCUT2D eigenvalue weighted by molar-refractivity contribution is -0.136. The Hall–Kier alpha value is -0.610. The molecule has 0 aromatic rings. The SMILES string of the molecule is CC(C)N1CC[C@@H](C(=O)N2CCC(N(C)C(C)C)CC2)C1. The number of carbonyl (C=O) groups is 1. The van der Waals surface area contributed by atoms with Gasteiger partial charge in [0.1, 0.15) is 0 Å². The molecule has 2 aliphatic heterocycles. The van der Waals surface area contributed by atoms with Gasteiger partial charge in [0.05, 0.1) is 5.92 Å². The first-order chi connectivity index (χ1) is 9.90. The summed E-state index contributed by atoms with van der Waals surface area (Å²) in [6, 6.07) is 1.80. The Kier molecular flexibility index (Phi) is 5.67. The first kappa shape index (κ1) is 16.8. The van der Waals surface area contributed by atoms with Crippen LogP contribution in [0.4, 0.5) is 0 Å². The molecule has 0 aromatic heterocycles. The van der Waals surface area contributed by atoms with Gasteiger partial charge in [-0.05, 0) is 60.5 Å². The molecule has 2 heterocycles. The molecule has 1 atom stereocenters. The Balaban J connectivity index is 1.81. The second-order valence-electron chi connectivity index (χ2n) is 7.39. The van der Waals surface area contributed by atoms with E-state index in [0.29, 0.717) is 24.0 Å². The van der Waals surface area contributed by atoms with Gasteiger partial charge in [-0.2, -0.15) is 0 Å².